The number of carbonyl (C=O) groups is 6. The fourth-order valence-electron chi connectivity index (χ4n) is 5.26. The lowest BCUT2D eigenvalue weighted by molar-refractivity contribution is -0.161. The number of likely N-dealkylation sites (N-methyl/N-ethyl adjacent to an activating group) is 1. The lowest BCUT2D eigenvalue weighted by atomic mass is 9.95. The minimum Gasteiger partial charge on any atom is -0.481 e. The molecule has 270 valence electrons. The second kappa shape index (κ2) is 20.7. The molecule has 48 heavy (non-hydrogen) atoms. The topological polar surface area (TPSA) is 185 Å². The third kappa shape index (κ3) is 13.1. The van der Waals surface area contributed by atoms with Crippen LogP contribution in [0.4, 0.5) is 0 Å². The van der Waals surface area contributed by atoms with Gasteiger partial charge >= 0.3 is 17.9 Å². The van der Waals surface area contributed by atoms with E-state index in [1.165, 1.54) is 23.2 Å². The zero-order valence-electron chi connectivity index (χ0n) is 29.1. The summed E-state index contributed by atoms with van der Waals surface area (Å²) in [7, 11) is 1.89. The molecule has 1 fully saturated rings. The van der Waals surface area contributed by atoms with Crippen LogP contribution in [0.25, 0.3) is 0 Å². The summed E-state index contributed by atoms with van der Waals surface area (Å²) in [4.78, 5) is 83.6. The van der Waals surface area contributed by atoms with Crippen molar-refractivity contribution < 1.29 is 43.3 Å². The zero-order valence-corrected chi connectivity index (χ0v) is 29.9. The highest BCUT2D eigenvalue weighted by molar-refractivity contribution is 7.09. The van der Waals surface area contributed by atoms with Crippen LogP contribution in [0.5, 0.6) is 0 Å². The first-order chi connectivity index (χ1) is 22.8. The second-order valence-corrected chi connectivity index (χ2v) is 13.4. The summed E-state index contributed by atoms with van der Waals surface area (Å²) in [6.07, 6.45) is 4.75. The fraction of sp³-hybridized carbons (Fsp3) is 0.727. The van der Waals surface area contributed by atoms with E-state index < -0.39 is 54.5 Å². The molecule has 0 spiro atoms. The van der Waals surface area contributed by atoms with E-state index in [-0.39, 0.29) is 56.0 Å². The number of hydrogen-bond acceptors (Lipinski definition) is 11. The van der Waals surface area contributed by atoms with Crippen LogP contribution in [-0.4, -0.2) is 107 Å². The number of piperidine rings is 1. The normalized spacial score (nSPS) is 17.3. The Morgan fingerprint density at radius 2 is 1.85 bits per heavy atom. The molecule has 1 aliphatic rings. The second-order valence-electron chi connectivity index (χ2n) is 12.5. The predicted octanol–water partition coefficient (Wildman–Crippen LogP) is 2.99. The summed E-state index contributed by atoms with van der Waals surface area (Å²) in [6, 6.07) is -2.01. The first kappa shape index (κ1) is 40.6. The van der Waals surface area contributed by atoms with Crippen molar-refractivity contribution in [3.63, 3.8) is 0 Å². The number of hydrogen-bond donors (Lipinski definition) is 3. The highest BCUT2D eigenvalue weighted by Crippen LogP contribution is 2.21. The Labute approximate surface area is 287 Å². The van der Waals surface area contributed by atoms with Gasteiger partial charge in [-0.2, -0.15) is 0 Å². The maximum absolute atomic E-state index is 14.4. The first-order valence-electron chi connectivity index (χ1n) is 16.8. The molecule has 3 N–H and O–H groups in total. The van der Waals surface area contributed by atoms with Crippen LogP contribution in [0.3, 0.4) is 0 Å². The van der Waals surface area contributed by atoms with Crippen molar-refractivity contribution in [3.8, 4) is 0 Å². The number of aliphatic carboxylic acids is 1. The largest absolute Gasteiger partial charge is 0.481 e. The molecule has 5 atom stereocenters. The van der Waals surface area contributed by atoms with Gasteiger partial charge in [0, 0.05) is 31.7 Å². The summed E-state index contributed by atoms with van der Waals surface area (Å²) in [6.45, 7) is 8.86. The number of nitrogens with zero attached hydrogens (tertiary/aromatic N) is 3. The van der Waals surface area contributed by atoms with Crippen LogP contribution in [0.2, 0.25) is 0 Å². The smallest absolute Gasteiger partial charge is 0.307 e. The number of ether oxygens (including phenoxy) is 2. The predicted molar refractivity (Wildman–Crippen MR) is 179 cm³/mol. The van der Waals surface area contributed by atoms with E-state index in [1.54, 1.807) is 12.3 Å². The molecule has 1 aliphatic heterocycles. The zero-order chi connectivity index (χ0) is 35.8. The Hall–Kier alpha value is -3.59. The van der Waals surface area contributed by atoms with Crippen LogP contribution < -0.4 is 10.6 Å². The van der Waals surface area contributed by atoms with Crippen LogP contribution in [0.1, 0.15) is 101 Å². The minimum absolute atomic E-state index is 0.162. The van der Waals surface area contributed by atoms with Gasteiger partial charge in [0.05, 0.1) is 23.0 Å². The lowest BCUT2D eigenvalue weighted by Gasteiger charge is -2.37. The van der Waals surface area contributed by atoms with Crippen molar-refractivity contribution in [2.24, 2.45) is 11.8 Å². The average molecular weight is 696 g/mol. The van der Waals surface area contributed by atoms with Gasteiger partial charge in [-0.1, -0.05) is 40.5 Å². The minimum atomic E-state index is -0.939. The van der Waals surface area contributed by atoms with E-state index in [9.17, 15) is 28.8 Å². The number of thiazole rings is 1. The number of likely N-dealkylation sites (tertiary alicyclic amines) is 1. The van der Waals surface area contributed by atoms with E-state index in [0.717, 1.165) is 19.4 Å². The molecule has 1 aromatic heterocycles. The van der Waals surface area contributed by atoms with Crippen LogP contribution in [0.15, 0.2) is 5.38 Å². The summed E-state index contributed by atoms with van der Waals surface area (Å²) < 4.78 is 10.9. The molecule has 0 aliphatic carbocycles. The Morgan fingerprint density at radius 3 is 2.48 bits per heavy atom. The van der Waals surface area contributed by atoms with E-state index in [0.29, 0.717) is 30.7 Å². The van der Waals surface area contributed by atoms with E-state index in [4.69, 9.17) is 14.6 Å². The summed E-state index contributed by atoms with van der Waals surface area (Å²) >= 11 is 1.25. The van der Waals surface area contributed by atoms with Gasteiger partial charge in [0.15, 0.2) is 6.73 Å². The molecule has 3 amide bonds. The number of carboxylic acids is 1. The van der Waals surface area contributed by atoms with E-state index in [2.05, 4.69) is 15.6 Å². The number of carbonyl (C=O) groups excluding carboxylic acids is 5. The first-order valence-corrected chi connectivity index (χ1v) is 17.7. The molecular weight excluding hydrogens is 642 g/mol. The molecule has 0 radical (unpaired) electrons. The highest BCUT2D eigenvalue weighted by atomic mass is 32.1. The van der Waals surface area contributed by atoms with Crippen molar-refractivity contribution >= 4 is 47.0 Å². The molecular formula is C33H53N5O9S. The van der Waals surface area contributed by atoms with Gasteiger partial charge in [-0.15, -0.1) is 11.3 Å². The molecule has 1 unspecified atom stereocenters. The monoisotopic (exact) mass is 695 g/mol. The number of aryl methyl sites for hydroxylation is 1. The number of esters is 2. The SMILES string of the molecule is CCCC(=O)OCN(C(=O)[C@H](NC(=O)[C@@H]1CCCCN1C)C(C)CC)[C@@H](CCc1nc(C(=O)NCC[C@@H](C)C(=O)O)cs1)COC(C)=O. The van der Waals surface area contributed by atoms with E-state index >= 15 is 0 Å². The molecule has 1 saturated heterocycles. The Balaban J connectivity index is 2.30. The number of nitrogens with one attached hydrogen (secondary N) is 2. The molecule has 14 nitrogen and oxygen atoms in total. The maximum atomic E-state index is 14.4. The average Bonchev–Trinajstić information content (AvgIpc) is 3.53. The van der Waals surface area contributed by atoms with Gasteiger partial charge in [-0.05, 0) is 51.6 Å². The maximum Gasteiger partial charge on any atom is 0.307 e. The van der Waals surface area contributed by atoms with Gasteiger partial charge in [0.25, 0.3) is 5.91 Å². The lowest BCUT2D eigenvalue weighted by Crippen LogP contribution is -2.59. The molecule has 0 saturated carbocycles. The summed E-state index contributed by atoms with van der Waals surface area (Å²) in [5.41, 5.74) is 0.183. The summed E-state index contributed by atoms with van der Waals surface area (Å²) in [5.74, 6) is -3.94. The molecule has 0 aromatic carbocycles. The van der Waals surface area contributed by atoms with Crippen LogP contribution in [-0.2, 0) is 39.9 Å². The van der Waals surface area contributed by atoms with Crippen molar-refractivity contribution in [1.82, 2.24) is 25.4 Å². The van der Waals surface area contributed by atoms with Crippen molar-refractivity contribution in [2.45, 2.75) is 111 Å². The van der Waals surface area contributed by atoms with E-state index in [1.807, 2.05) is 32.7 Å². The molecule has 2 heterocycles. The van der Waals surface area contributed by atoms with Crippen LogP contribution >= 0.6 is 11.3 Å². The van der Waals surface area contributed by atoms with Gasteiger partial charge in [-0.3, -0.25) is 33.7 Å². The number of amides is 3. The molecule has 1 aromatic rings. The number of aromatic nitrogens is 1. The van der Waals surface area contributed by atoms with Gasteiger partial charge in [-0.25, -0.2) is 4.98 Å². The van der Waals surface area contributed by atoms with Gasteiger partial charge < -0.3 is 30.1 Å². The van der Waals surface area contributed by atoms with Crippen LogP contribution in [0, 0.1) is 11.8 Å². The third-order valence-corrected chi connectivity index (χ3v) is 9.54. The standard InChI is InChI=1S/C33H53N5O9S/c1-7-11-28(40)47-20-38(32(43)29(21(3)8-2)36-31(42)26-12-9-10-17-37(26)6)24(18-46-23(5)39)13-14-27-35-25(19-48-27)30(41)34-16-15-22(4)33(44)45/h19,21-22,24,26,29H,7-18,20H2,1-6H3,(H,34,41)(H,36,42)(H,44,45)/t21?,22-,24+,26+,29-/m1/s1. The highest BCUT2D eigenvalue weighted by Gasteiger charge is 2.37. The summed E-state index contributed by atoms with van der Waals surface area (Å²) in [5, 5.41) is 16.9. The van der Waals surface area contributed by atoms with Gasteiger partial charge in [0.2, 0.25) is 11.8 Å². The molecule has 15 heteroatoms. The Bertz CT molecular complexity index is 1240. The third-order valence-electron chi connectivity index (χ3n) is 8.63. The molecule has 0 bridgehead atoms. The number of rotatable bonds is 20. The Morgan fingerprint density at radius 1 is 1.12 bits per heavy atom. The fourth-order valence-corrected chi connectivity index (χ4v) is 6.06. The van der Waals surface area contributed by atoms with Gasteiger partial charge in [0.1, 0.15) is 18.3 Å². The molecule has 2 rings (SSSR count). The number of carboxylic acid groups (broad SMARTS) is 1. The quantitative estimate of drug-likeness (QED) is 0.135. The Kier molecular flexibility index (Phi) is 17.5. The van der Waals surface area contributed by atoms with Crippen molar-refractivity contribution in [2.75, 3.05) is 33.5 Å². The van der Waals surface area contributed by atoms with Crippen molar-refractivity contribution in [3.05, 3.63) is 16.1 Å². The van der Waals surface area contributed by atoms with Crippen molar-refractivity contribution in [1.29, 1.82) is 0 Å².